The maximum absolute atomic E-state index is 6.08. The molecule has 6 heteroatoms. The highest BCUT2D eigenvalue weighted by atomic mass is 16.5. The van der Waals surface area contributed by atoms with Crippen molar-refractivity contribution in [3.8, 4) is 5.88 Å². The lowest BCUT2D eigenvalue weighted by Crippen LogP contribution is -2.48. The molecule has 0 amide bonds. The number of nitrogens with two attached hydrogens (primary N) is 1. The molecule has 2 N–H and O–H groups in total. The molecule has 1 aliphatic rings. The average molecular weight is 252 g/mol. The van der Waals surface area contributed by atoms with Crippen molar-refractivity contribution >= 4 is 11.5 Å². The van der Waals surface area contributed by atoms with E-state index in [0.717, 1.165) is 12.4 Å². The van der Waals surface area contributed by atoms with Crippen LogP contribution < -0.4 is 15.4 Å². The minimum atomic E-state index is 0.172. The van der Waals surface area contributed by atoms with Gasteiger partial charge in [-0.2, -0.15) is 4.98 Å². The van der Waals surface area contributed by atoms with Crippen molar-refractivity contribution in [1.82, 2.24) is 9.97 Å². The Balaban J connectivity index is 2.28. The number of ether oxygens (including phenoxy) is 2. The molecule has 2 heterocycles. The molecule has 1 aliphatic heterocycles. The van der Waals surface area contributed by atoms with Gasteiger partial charge in [-0.1, -0.05) is 0 Å². The highest BCUT2D eigenvalue weighted by Crippen LogP contribution is 2.30. The van der Waals surface area contributed by atoms with Crippen LogP contribution in [0.5, 0.6) is 5.88 Å². The second kappa shape index (κ2) is 5.39. The molecular formula is C12H20N4O2. The smallest absolute Gasteiger partial charge is 0.242 e. The Labute approximate surface area is 107 Å². The van der Waals surface area contributed by atoms with Crippen LogP contribution in [0.25, 0.3) is 0 Å². The predicted octanol–water partition coefficient (Wildman–Crippen LogP) is 1.07. The molecule has 100 valence electrons. The van der Waals surface area contributed by atoms with E-state index >= 15 is 0 Å². The van der Waals surface area contributed by atoms with Crippen molar-refractivity contribution in [1.29, 1.82) is 0 Å². The fourth-order valence-electron chi connectivity index (χ4n) is 2.05. The van der Waals surface area contributed by atoms with Crippen molar-refractivity contribution in [2.24, 2.45) is 0 Å². The molecule has 1 aromatic heterocycles. The second-order valence-corrected chi connectivity index (χ2v) is 4.49. The van der Waals surface area contributed by atoms with Crippen LogP contribution in [-0.2, 0) is 4.74 Å². The van der Waals surface area contributed by atoms with Gasteiger partial charge in [0.25, 0.3) is 0 Å². The summed E-state index contributed by atoms with van der Waals surface area (Å²) < 4.78 is 11.0. The molecule has 0 radical (unpaired) electrons. The van der Waals surface area contributed by atoms with Crippen LogP contribution in [0, 0.1) is 0 Å². The van der Waals surface area contributed by atoms with E-state index in [1.807, 2.05) is 13.8 Å². The number of nitrogen functional groups attached to an aromatic ring is 1. The Hall–Kier alpha value is -1.56. The third-order valence-corrected chi connectivity index (χ3v) is 2.99. The van der Waals surface area contributed by atoms with E-state index in [-0.39, 0.29) is 12.1 Å². The minimum absolute atomic E-state index is 0.172. The topological polar surface area (TPSA) is 73.5 Å². The zero-order valence-electron chi connectivity index (χ0n) is 11.1. The third kappa shape index (κ3) is 2.48. The van der Waals surface area contributed by atoms with Gasteiger partial charge < -0.3 is 20.1 Å². The van der Waals surface area contributed by atoms with Gasteiger partial charge in [-0.25, -0.2) is 4.98 Å². The molecule has 2 atom stereocenters. The molecule has 0 bridgehead atoms. The summed E-state index contributed by atoms with van der Waals surface area (Å²) >= 11 is 0. The summed E-state index contributed by atoms with van der Waals surface area (Å²) in [6.07, 6.45) is 1.66. The van der Waals surface area contributed by atoms with E-state index in [9.17, 15) is 0 Å². The van der Waals surface area contributed by atoms with Gasteiger partial charge in [-0.05, 0) is 20.8 Å². The van der Waals surface area contributed by atoms with Gasteiger partial charge in [0, 0.05) is 6.54 Å². The number of nitrogens with zero attached hydrogens (tertiary/aromatic N) is 3. The normalized spacial score (nSPS) is 24.1. The maximum Gasteiger partial charge on any atom is 0.242 e. The van der Waals surface area contributed by atoms with Crippen molar-refractivity contribution in [3.63, 3.8) is 0 Å². The van der Waals surface area contributed by atoms with Crippen molar-refractivity contribution in [2.75, 3.05) is 30.4 Å². The van der Waals surface area contributed by atoms with E-state index in [1.165, 1.54) is 6.33 Å². The summed E-state index contributed by atoms with van der Waals surface area (Å²) in [5.74, 6) is 1.19. The number of hydrogen-bond donors (Lipinski definition) is 1. The average Bonchev–Trinajstić information content (AvgIpc) is 2.35. The molecule has 1 saturated heterocycles. The Kier molecular flexibility index (Phi) is 3.86. The van der Waals surface area contributed by atoms with Crippen LogP contribution in [0.3, 0.4) is 0 Å². The number of aromatic nitrogens is 2. The Morgan fingerprint density at radius 1 is 1.50 bits per heavy atom. The fraction of sp³-hybridized carbons (Fsp3) is 0.667. The molecule has 0 spiro atoms. The summed E-state index contributed by atoms with van der Waals surface area (Å²) in [4.78, 5) is 10.5. The molecule has 2 rings (SSSR count). The number of hydrogen-bond acceptors (Lipinski definition) is 6. The quantitative estimate of drug-likeness (QED) is 0.867. The molecule has 1 aromatic rings. The zero-order valence-corrected chi connectivity index (χ0v) is 11.1. The monoisotopic (exact) mass is 252 g/mol. The third-order valence-electron chi connectivity index (χ3n) is 2.99. The van der Waals surface area contributed by atoms with Gasteiger partial charge in [0.15, 0.2) is 5.82 Å². The molecule has 0 aliphatic carbocycles. The molecule has 1 fully saturated rings. The van der Waals surface area contributed by atoms with Gasteiger partial charge >= 0.3 is 0 Å². The highest BCUT2D eigenvalue weighted by Gasteiger charge is 2.27. The van der Waals surface area contributed by atoms with Gasteiger partial charge in [0.05, 0.1) is 25.4 Å². The van der Waals surface area contributed by atoms with Crippen LogP contribution in [0.2, 0.25) is 0 Å². The predicted molar refractivity (Wildman–Crippen MR) is 69.8 cm³/mol. The number of rotatable bonds is 3. The van der Waals surface area contributed by atoms with Gasteiger partial charge in [0.2, 0.25) is 5.88 Å². The molecule has 0 saturated carbocycles. The lowest BCUT2D eigenvalue weighted by molar-refractivity contribution is 0.0341. The highest BCUT2D eigenvalue weighted by molar-refractivity contribution is 5.68. The molecule has 2 unspecified atom stereocenters. The first-order valence-electron chi connectivity index (χ1n) is 6.25. The largest absolute Gasteiger partial charge is 0.476 e. The second-order valence-electron chi connectivity index (χ2n) is 4.49. The molecule has 6 nitrogen and oxygen atoms in total. The van der Waals surface area contributed by atoms with Crippen LogP contribution in [0.15, 0.2) is 6.33 Å². The summed E-state index contributed by atoms with van der Waals surface area (Å²) in [7, 11) is 0. The van der Waals surface area contributed by atoms with Crippen LogP contribution in [0.1, 0.15) is 20.8 Å². The Morgan fingerprint density at radius 2 is 2.28 bits per heavy atom. The molecular weight excluding hydrogens is 232 g/mol. The minimum Gasteiger partial charge on any atom is -0.476 e. The summed E-state index contributed by atoms with van der Waals surface area (Å²) in [6.45, 7) is 8.02. The van der Waals surface area contributed by atoms with Crippen LogP contribution >= 0.6 is 0 Å². The summed E-state index contributed by atoms with van der Waals surface area (Å²) in [5, 5.41) is 0. The van der Waals surface area contributed by atoms with Crippen molar-refractivity contribution < 1.29 is 9.47 Å². The van der Waals surface area contributed by atoms with Crippen molar-refractivity contribution in [3.05, 3.63) is 6.33 Å². The first-order chi connectivity index (χ1) is 8.63. The van der Waals surface area contributed by atoms with Crippen LogP contribution in [0.4, 0.5) is 11.5 Å². The Bertz CT molecular complexity index is 413. The van der Waals surface area contributed by atoms with Gasteiger partial charge in [-0.3, -0.25) is 0 Å². The fourth-order valence-corrected chi connectivity index (χ4v) is 2.05. The SMILES string of the molecule is CCOc1ncnc(N2CC(C)OCC2C)c1N. The van der Waals surface area contributed by atoms with E-state index in [0.29, 0.717) is 24.8 Å². The summed E-state index contributed by atoms with van der Waals surface area (Å²) in [5.41, 5.74) is 6.58. The standard InChI is InChI=1S/C12H20N4O2/c1-4-17-12-10(13)11(14-7-15-12)16-5-9(3)18-6-8(16)2/h7-9H,4-6,13H2,1-3H3. The molecule has 0 aromatic carbocycles. The van der Waals surface area contributed by atoms with E-state index in [2.05, 4.69) is 21.8 Å². The number of anilines is 2. The first-order valence-corrected chi connectivity index (χ1v) is 6.25. The van der Waals surface area contributed by atoms with Crippen LogP contribution in [-0.4, -0.2) is 41.9 Å². The van der Waals surface area contributed by atoms with Gasteiger partial charge in [0.1, 0.15) is 12.0 Å². The molecule has 18 heavy (non-hydrogen) atoms. The van der Waals surface area contributed by atoms with E-state index < -0.39 is 0 Å². The number of morpholine rings is 1. The summed E-state index contributed by atoms with van der Waals surface area (Å²) in [6, 6.07) is 0.243. The maximum atomic E-state index is 6.08. The first kappa shape index (κ1) is 12.9. The van der Waals surface area contributed by atoms with Crippen molar-refractivity contribution in [2.45, 2.75) is 32.9 Å². The van der Waals surface area contributed by atoms with E-state index in [1.54, 1.807) is 0 Å². The van der Waals surface area contributed by atoms with Gasteiger partial charge in [-0.15, -0.1) is 0 Å². The Morgan fingerprint density at radius 3 is 3.00 bits per heavy atom. The zero-order chi connectivity index (χ0) is 13.1. The van der Waals surface area contributed by atoms with E-state index in [4.69, 9.17) is 15.2 Å². The lowest BCUT2D eigenvalue weighted by Gasteiger charge is -2.38. The lowest BCUT2D eigenvalue weighted by atomic mass is 10.2.